The summed E-state index contributed by atoms with van der Waals surface area (Å²) in [6, 6.07) is 12.1. The monoisotopic (exact) mass is 386 g/mol. The summed E-state index contributed by atoms with van der Waals surface area (Å²) in [6.45, 7) is 2.84. The van der Waals surface area contributed by atoms with Crippen LogP contribution in [-0.2, 0) is 5.67 Å². The highest BCUT2D eigenvalue weighted by molar-refractivity contribution is 6.05. The number of ether oxygens (including phenoxy) is 1. The molecule has 2 aromatic carbocycles. The molecule has 0 spiro atoms. The molecule has 0 aliphatic rings. The number of nitrogens with one attached hydrogen (secondary N) is 1. The second-order valence-corrected chi connectivity index (χ2v) is 6.54. The van der Waals surface area contributed by atoms with E-state index in [-0.39, 0.29) is 17.1 Å². The van der Waals surface area contributed by atoms with Crippen LogP contribution < -0.4 is 10.1 Å². The lowest BCUT2D eigenvalue weighted by Crippen LogP contribution is -2.15. The second kappa shape index (κ2) is 7.72. The Bertz CT molecular complexity index is 1020. The van der Waals surface area contributed by atoms with Gasteiger partial charge in [-0.25, -0.2) is 18.2 Å². The van der Waals surface area contributed by atoms with Gasteiger partial charge in [-0.2, -0.15) is 0 Å². The number of alkyl halides is 1. The van der Waals surface area contributed by atoms with Gasteiger partial charge in [0.1, 0.15) is 28.6 Å². The van der Waals surface area contributed by atoms with Crippen molar-refractivity contribution in [1.29, 1.82) is 0 Å². The van der Waals surface area contributed by atoms with E-state index in [1.165, 1.54) is 38.2 Å². The van der Waals surface area contributed by atoms with E-state index in [4.69, 9.17) is 4.74 Å². The minimum absolute atomic E-state index is 0.0312. The average molecular weight is 386 g/mol. The molecule has 7 heteroatoms. The zero-order chi connectivity index (χ0) is 20.3. The van der Waals surface area contributed by atoms with Gasteiger partial charge in [-0.15, -0.1) is 0 Å². The third-order valence-electron chi connectivity index (χ3n) is 3.93. The summed E-state index contributed by atoms with van der Waals surface area (Å²) in [5, 5.41) is 2.35. The number of carbonyl (C=O) groups excluding carboxylic acids is 1. The summed E-state index contributed by atoms with van der Waals surface area (Å²) in [4.78, 5) is 16.6. The van der Waals surface area contributed by atoms with E-state index in [1.807, 2.05) is 0 Å². The fourth-order valence-corrected chi connectivity index (χ4v) is 2.47. The number of pyridine rings is 1. The van der Waals surface area contributed by atoms with Crippen LogP contribution in [0, 0.1) is 11.6 Å². The summed E-state index contributed by atoms with van der Waals surface area (Å²) in [5.41, 5.74) is -1.30. The first-order valence-corrected chi connectivity index (χ1v) is 8.43. The van der Waals surface area contributed by atoms with Crippen molar-refractivity contribution in [2.75, 3.05) is 5.32 Å². The number of halogens is 3. The third kappa shape index (κ3) is 4.49. The van der Waals surface area contributed by atoms with Crippen molar-refractivity contribution in [1.82, 2.24) is 4.98 Å². The number of anilines is 1. The predicted octanol–water partition coefficient (Wildman–Crippen LogP) is 5.61. The summed E-state index contributed by atoms with van der Waals surface area (Å²) in [7, 11) is 0. The maximum absolute atomic E-state index is 14.2. The molecule has 0 aliphatic carbocycles. The zero-order valence-electron chi connectivity index (χ0n) is 15.2. The third-order valence-corrected chi connectivity index (χ3v) is 3.93. The normalized spacial score (nSPS) is 11.2. The zero-order valence-corrected chi connectivity index (χ0v) is 15.2. The lowest BCUT2D eigenvalue weighted by molar-refractivity contribution is 0.102. The molecule has 4 nitrogen and oxygen atoms in total. The van der Waals surface area contributed by atoms with Crippen LogP contribution in [0.5, 0.6) is 11.6 Å². The smallest absolute Gasteiger partial charge is 0.261 e. The number of benzene rings is 2. The van der Waals surface area contributed by atoms with Crippen LogP contribution in [0.3, 0.4) is 0 Å². The van der Waals surface area contributed by atoms with Crippen molar-refractivity contribution < 1.29 is 22.7 Å². The molecule has 0 bridgehead atoms. The van der Waals surface area contributed by atoms with Gasteiger partial charge < -0.3 is 10.1 Å². The average Bonchev–Trinajstić information content (AvgIpc) is 2.64. The molecule has 1 aromatic heterocycles. The molecule has 0 saturated carbocycles. The highest BCUT2D eigenvalue weighted by Gasteiger charge is 2.20. The van der Waals surface area contributed by atoms with Gasteiger partial charge in [-0.1, -0.05) is 12.1 Å². The van der Waals surface area contributed by atoms with Gasteiger partial charge in [-0.3, -0.25) is 4.79 Å². The molecule has 0 saturated heterocycles. The fourth-order valence-electron chi connectivity index (χ4n) is 2.47. The molecule has 1 heterocycles. The van der Waals surface area contributed by atoms with Crippen molar-refractivity contribution in [3.63, 3.8) is 0 Å². The van der Waals surface area contributed by atoms with Crippen molar-refractivity contribution in [3.05, 3.63) is 83.6 Å². The van der Waals surface area contributed by atoms with Gasteiger partial charge in [-0.05, 0) is 55.8 Å². The molecular formula is C21H17F3N2O2. The highest BCUT2D eigenvalue weighted by Crippen LogP contribution is 2.30. The van der Waals surface area contributed by atoms with Gasteiger partial charge in [0.2, 0.25) is 5.88 Å². The molecule has 28 heavy (non-hydrogen) atoms. The van der Waals surface area contributed by atoms with Crippen LogP contribution in [0.4, 0.5) is 18.9 Å². The van der Waals surface area contributed by atoms with E-state index in [0.717, 1.165) is 12.1 Å². The lowest BCUT2D eigenvalue weighted by atomic mass is 10.0. The topological polar surface area (TPSA) is 51.2 Å². The quantitative estimate of drug-likeness (QED) is 0.620. The van der Waals surface area contributed by atoms with Crippen LogP contribution in [-0.4, -0.2) is 10.9 Å². The summed E-state index contributed by atoms with van der Waals surface area (Å²) in [6.07, 6.45) is 1.42. The molecular weight excluding hydrogens is 369 g/mol. The first-order chi connectivity index (χ1) is 13.2. The molecule has 0 unspecified atom stereocenters. The van der Waals surface area contributed by atoms with E-state index in [1.54, 1.807) is 18.2 Å². The van der Waals surface area contributed by atoms with Crippen LogP contribution >= 0.6 is 0 Å². The second-order valence-electron chi connectivity index (χ2n) is 6.54. The van der Waals surface area contributed by atoms with Crippen molar-refractivity contribution in [3.8, 4) is 11.6 Å². The number of rotatable bonds is 5. The van der Waals surface area contributed by atoms with Gasteiger partial charge in [0.05, 0.1) is 5.69 Å². The van der Waals surface area contributed by atoms with E-state index in [9.17, 15) is 18.0 Å². The van der Waals surface area contributed by atoms with Crippen LogP contribution in [0.1, 0.15) is 29.8 Å². The Morgan fingerprint density at radius 2 is 1.86 bits per heavy atom. The number of hydrogen-bond donors (Lipinski definition) is 1. The summed E-state index contributed by atoms with van der Waals surface area (Å²) in [5.74, 6) is -2.08. The SMILES string of the molecule is CC(C)(F)c1cccc(Oc2ncccc2C(=O)Nc2ccc(F)cc2F)c1. The maximum atomic E-state index is 14.2. The molecule has 1 N–H and O–H groups in total. The van der Waals surface area contributed by atoms with E-state index >= 15 is 0 Å². The Morgan fingerprint density at radius 1 is 1.07 bits per heavy atom. The fraction of sp³-hybridized carbons (Fsp3) is 0.143. The van der Waals surface area contributed by atoms with E-state index in [2.05, 4.69) is 10.3 Å². The van der Waals surface area contributed by atoms with Crippen molar-refractivity contribution in [2.45, 2.75) is 19.5 Å². The Kier molecular flexibility index (Phi) is 5.35. The van der Waals surface area contributed by atoms with E-state index in [0.29, 0.717) is 17.4 Å². The Hall–Kier alpha value is -3.35. The Labute approximate surface area is 160 Å². The van der Waals surface area contributed by atoms with Crippen molar-refractivity contribution >= 4 is 11.6 Å². The number of aromatic nitrogens is 1. The van der Waals surface area contributed by atoms with Gasteiger partial charge in [0.15, 0.2) is 0 Å². The van der Waals surface area contributed by atoms with Crippen molar-refractivity contribution in [2.24, 2.45) is 0 Å². The molecule has 0 radical (unpaired) electrons. The van der Waals surface area contributed by atoms with Gasteiger partial charge in [0.25, 0.3) is 5.91 Å². The van der Waals surface area contributed by atoms with Crippen LogP contribution in [0.2, 0.25) is 0 Å². The molecule has 1 amide bonds. The molecule has 3 rings (SSSR count). The maximum Gasteiger partial charge on any atom is 0.261 e. The first-order valence-electron chi connectivity index (χ1n) is 8.43. The van der Waals surface area contributed by atoms with Crippen LogP contribution in [0.25, 0.3) is 0 Å². The Morgan fingerprint density at radius 3 is 2.57 bits per heavy atom. The standard InChI is InChI=1S/C21H17F3N2O2/c1-21(2,24)13-5-3-6-15(11-13)28-20-16(7-4-10-25-20)19(27)26-18-9-8-14(22)12-17(18)23/h3-12H,1-2H3,(H,26,27). The number of nitrogens with zero attached hydrogens (tertiary/aromatic N) is 1. The summed E-state index contributed by atoms with van der Waals surface area (Å²) < 4.78 is 46.6. The molecule has 3 aromatic rings. The van der Waals surface area contributed by atoms with Crippen LogP contribution in [0.15, 0.2) is 60.8 Å². The lowest BCUT2D eigenvalue weighted by Gasteiger charge is -2.16. The molecule has 144 valence electrons. The first kappa shape index (κ1) is 19.4. The number of hydrogen-bond acceptors (Lipinski definition) is 3. The van der Waals surface area contributed by atoms with Gasteiger partial charge in [0, 0.05) is 12.3 Å². The molecule has 0 fully saturated rings. The number of amides is 1. The van der Waals surface area contributed by atoms with Gasteiger partial charge >= 0.3 is 0 Å². The minimum Gasteiger partial charge on any atom is -0.438 e. The largest absolute Gasteiger partial charge is 0.438 e. The number of carbonyl (C=O) groups is 1. The minimum atomic E-state index is -1.57. The summed E-state index contributed by atoms with van der Waals surface area (Å²) >= 11 is 0. The Balaban J connectivity index is 1.86. The molecule has 0 atom stereocenters. The van der Waals surface area contributed by atoms with E-state index < -0.39 is 23.2 Å². The predicted molar refractivity (Wildman–Crippen MR) is 99.2 cm³/mol. The molecule has 0 aliphatic heterocycles. The highest BCUT2D eigenvalue weighted by atomic mass is 19.1.